The van der Waals surface area contributed by atoms with Crippen LogP contribution in [0, 0.1) is 11.8 Å². The Morgan fingerprint density at radius 1 is 1.44 bits per heavy atom. The van der Waals surface area contributed by atoms with Crippen molar-refractivity contribution in [2.24, 2.45) is 11.8 Å². The Kier molecular flexibility index (Phi) is 4.98. The maximum Gasteiger partial charge on any atom is 0.00793 e. The second-order valence-corrected chi connectivity index (χ2v) is 6.74. The second kappa shape index (κ2) is 6.27. The molecule has 2 fully saturated rings. The predicted molar refractivity (Wildman–Crippen MR) is 73.1 cm³/mol. The van der Waals surface area contributed by atoms with Gasteiger partial charge in [0.2, 0.25) is 0 Å². The van der Waals surface area contributed by atoms with Gasteiger partial charge in [0.15, 0.2) is 0 Å². The molecule has 0 radical (unpaired) electrons. The fourth-order valence-electron chi connectivity index (χ4n) is 2.88. The Bertz CT molecular complexity index is 204. The molecule has 1 N–H and O–H groups in total. The van der Waals surface area contributed by atoms with E-state index in [1.807, 2.05) is 0 Å². The molecule has 0 bridgehead atoms. The van der Waals surface area contributed by atoms with Crippen molar-refractivity contribution in [2.45, 2.75) is 32.2 Å². The van der Waals surface area contributed by atoms with Gasteiger partial charge in [-0.3, -0.25) is 0 Å². The number of hydrogen-bond donors (Lipinski definition) is 1. The number of rotatable bonds is 4. The summed E-state index contributed by atoms with van der Waals surface area (Å²) in [5.41, 5.74) is 0. The number of likely N-dealkylation sites (tertiary alicyclic amines) is 1. The minimum absolute atomic E-state index is 0.702. The summed E-state index contributed by atoms with van der Waals surface area (Å²) in [5.74, 6) is 4.57. The fourth-order valence-corrected chi connectivity index (χ4v) is 4.16. The van der Waals surface area contributed by atoms with Gasteiger partial charge in [-0.1, -0.05) is 0 Å². The fraction of sp³-hybridized carbons (Fsp3) is 1.00. The summed E-state index contributed by atoms with van der Waals surface area (Å²) in [4.78, 5) is 2.48. The number of nitrogens with one attached hydrogen (secondary N) is 1. The van der Waals surface area contributed by atoms with Gasteiger partial charge >= 0.3 is 0 Å². The lowest BCUT2D eigenvalue weighted by molar-refractivity contribution is 0.177. The topological polar surface area (TPSA) is 15.3 Å². The lowest BCUT2D eigenvalue weighted by Gasteiger charge is -2.34. The van der Waals surface area contributed by atoms with Crippen molar-refractivity contribution < 1.29 is 0 Å². The Labute approximate surface area is 105 Å². The van der Waals surface area contributed by atoms with Crippen LogP contribution in [0.1, 0.15) is 26.2 Å². The van der Waals surface area contributed by atoms with Gasteiger partial charge in [-0.2, -0.15) is 11.8 Å². The van der Waals surface area contributed by atoms with E-state index in [1.165, 1.54) is 50.4 Å². The summed E-state index contributed by atoms with van der Waals surface area (Å²) >= 11 is 2.12. The van der Waals surface area contributed by atoms with E-state index in [9.17, 15) is 0 Å². The SMILES string of the molecule is CC(NCC1CCSC1)C1CCCN(C)C1. The summed E-state index contributed by atoms with van der Waals surface area (Å²) in [6.07, 6.45) is 4.22. The zero-order valence-corrected chi connectivity index (χ0v) is 11.6. The molecule has 3 unspecified atom stereocenters. The lowest BCUT2D eigenvalue weighted by atomic mass is 9.91. The third kappa shape index (κ3) is 3.64. The van der Waals surface area contributed by atoms with Crippen molar-refractivity contribution in [3.63, 3.8) is 0 Å². The van der Waals surface area contributed by atoms with E-state index in [4.69, 9.17) is 0 Å². The number of hydrogen-bond acceptors (Lipinski definition) is 3. The highest BCUT2D eigenvalue weighted by Crippen LogP contribution is 2.23. The molecule has 0 aromatic heterocycles. The van der Waals surface area contributed by atoms with E-state index in [2.05, 4.69) is 35.9 Å². The molecule has 0 saturated carbocycles. The van der Waals surface area contributed by atoms with E-state index < -0.39 is 0 Å². The first-order valence-corrected chi connectivity index (χ1v) is 7.91. The van der Waals surface area contributed by atoms with Crippen molar-refractivity contribution in [3.8, 4) is 0 Å². The third-order valence-electron chi connectivity index (χ3n) is 4.12. The molecule has 2 heterocycles. The van der Waals surface area contributed by atoms with Crippen LogP contribution in [0.25, 0.3) is 0 Å². The molecule has 94 valence electrons. The molecule has 3 atom stereocenters. The van der Waals surface area contributed by atoms with Gasteiger partial charge in [0.05, 0.1) is 0 Å². The van der Waals surface area contributed by atoms with E-state index in [1.54, 1.807) is 0 Å². The van der Waals surface area contributed by atoms with Crippen LogP contribution in [0.5, 0.6) is 0 Å². The van der Waals surface area contributed by atoms with Gasteiger partial charge in [0.1, 0.15) is 0 Å². The third-order valence-corrected chi connectivity index (χ3v) is 5.35. The van der Waals surface area contributed by atoms with Crippen molar-refractivity contribution in [3.05, 3.63) is 0 Å². The first kappa shape index (κ1) is 12.7. The van der Waals surface area contributed by atoms with Crippen LogP contribution < -0.4 is 5.32 Å². The maximum atomic E-state index is 3.77. The highest BCUT2D eigenvalue weighted by Gasteiger charge is 2.23. The van der Waals surface area contributed by atoms with Crippen molar-refractivity contribution in [2.75, 3.05) is 38.2 Å². The molecule has 2 rings (SSSR count). The largest absolute Gasteiger partial charge is 0.314 e. The summed E-state index contributed by atoms with van der Waals surface area (Å²) in [7, 11) is 2.26. The smallest absolute Gasteiger partial charge is 0.00793 e. The Morgan fingerprint density at radius 2 is 2.31 bits per heavy atom. The zero-order chi connectivity index (χ0) is 11.4. The summed E-state index contributed by atoms with van der Waals surface area (Å²) in [5, 5.41) is 3.77. The molecule has 0 aliphatic carbocycles. The highest BCUT2D eigenvalue weighted by atomic mass is 32.2. The van der Waals surface area contributed by atoms with Crippen LogP contribution in [0.4, 0.5) is 0 Å². The van der Waals surface area contributed by atoms with Crippen LogP contribution in [0.15, 0.2) is 0 Å². The van der Waals surface area contributed by atoms with Crippen molar-refractivity contribution in [1.82, 2.24) is 10.2 Å². The average Bonchev–Trinajstić information content (AvgIpc) is 2.78. The quantitative estimate of drug-likeness (QED) is 0.812. The second-order valence-electron chi connectivity index (χ2n) is 5.59. The van der Waals surface area contributed by atoms with Crippen LogP contribution in [0.2, 0.25) is 0 Å². The molecule has 3 heteroatoms. The molecule has 0 spiro atoms. The molecule has 0 amide bonds. The van der Waals surface area contributed by atoms with Crippen LogP contribution in [0.3, 0.4) is 0 Å². The van der Waals surface area contributed by atoms with Crippen molar-refractivity contribution in [1.29, 1.82) is 0 Å². The lowest BCUT2D eigenvalue weighted by Crippen LogP contribution is -2.44. The van der Waals surface area contributed by atoms with Crippen LogP contribution in [-0.4, -0.2) is 49.1 Å². The maximum absolute atomic E-state index is 3.77. The van der Waals surface area contributed by atoms with Gasteiger partial charge in [-0.25, -0.2) is 0 Å². The first-order valence-electron chi connectivity index (χ1n) is 6.75. The van der Waals surface area contributed by atoms with Gasteiger partial charge in [0, 0.05) is 12.6 Å². The van der Waals surface area contributed by atoms with Gasteiger partial charge in [0.25, 0.3) is 0 Å². The van der Waals surface area contributed by atoms with E-state index in [-0.39, 0.29) is 0 Å². The monoisotopic (exact) mass is 242 g/mol. The predicted octanol–water partition coefficient (Wildman–Crippen LogP) is 2.06. The molecule has 0 aromatic carbocycles. The molecular weight excluding hydrogens is 216 g/mol. The summed E-state index contributed by atoms with van der Waals surface area (Å²) in [6.45, 7) is 6.20. The first-order chi connectivity index (χ1) is 7.75. The highest BCUT2D eigenvalue weighted by molar-refractivity contribution is 7.99. The Morgan fingerprint density at radius 3 is 3.00 bits per heavy atom. The Hall–Kier alpha value is 0.270. The molecule has 2 aliphatic rings. The number of piperidine rings is 1. The number of thioether (sulfide) groups is 1. The standard InChI is InChI=1S/C13H26N2S/c1-11(13-4-3-6-15(2)9-13)14-8-12-5-7-16-10-12/h11-14H,3-10H2,1-2H3. The molecule has 0 aromatic rings. The van der Waals surface area contributed by atoms with Crippen LogP contribution in [-0.2, 0) is 0 Å². The van der Waals surface area contributed by atoms with Crippen LogP contribution >= 0.6 is 11.8 Å². The summed E-state index contributed by atoms with van der Waals surface area (Å²) in [6, 6.07) is 0.702. The van der Waals surface area contributed by atoms with E-state index >= 15 is 0 Å². The van der Waals surface area contributed by atoms with E-state index in [0.717, 1.165) is 11.8 Å². The summed E-state index contributed by atoms with van der Waals surface area (Å²) < 4.78 is 0. The normalized spacial score (nSPS) is 34.1. The zero-order valence-electron chi connectivity index (χ0n) is 10.7. The Balaban J connectivity index is 1.67. The minimum Gasteiger partial charge on any atom is -0.314 e. The van der Waals surface area contributed by atoms with Crippen molar-refractivity contribution >= 4 is 11.8 Å². The van der Waals surface area contributed by atoms with Gasteiger partial charge in [-0.15, -0.1) is 0 Å². The van der Waals surface area contributed by atoms with Gasteiger partial charge < -0.3 is 10.2 Å². The minimum atomic E-state index is 0.702. The molecule has 2 saturated heterocycles. The van der Waals surface area contributed by atoms with Gasteiger partial charge in [-0.05, 0) is 69.7 Å². The molecule has 16 heavy (non-hydrogen) atoms. The van der Waals surface area contributed by atoms with E-state index in [0.29, 0.717) is 6.04 Å². The average molecular weight is 242 g/mol. The number of nitrogens with zero attached hydrogens (tertiary/aromatic N) is 1. The molecule has 2 nitrogen and oxygen atoms in total. The molecular formula is C13H26N2S. The molecule has 2 aliphatic heterocycles.